The molecule has 0 aliphatic carbocycles. The number of hydrogen-bond acceptors (Lipinski definition) is 4. The molecule has 1 aliphatic heterocycles. The highest BCUT2D eigenvalue weighted by atomic mass is 16.5. The number of ether oxygens (including phenoxy) is 1. The number of furan rings is 1. The van der Waals surface area contributed by atoms with E-state index in [9.17, 15) is 9.90 Å². The summed E-state index contributed by atoms with van der Waals surface area (Å²) >= 11 is 0. The smallest absolute Gasteiger partial charge is 0.230 e. The third-order valence-corrected chi connectivity index (χ3v) is 5.25. The van der Waals surface area contributed by atoms with Crippen LogP contribution in [0.4, 0.5) is 0 Å². The Morgan fingerprint density at radius 2 is 1.92 bits per heavy atom. The molecule has 1 aromatic carbocycles. The maximum atomic E-state index is 13.0. The van der Waals surface area contributed by atoms with Crippen molar-refractivity contribution in [3.8, 4) is 0 Å². The summed E-state index contributed by atoms with van der Waals surface area (Å²) in [6, 6.07) is 11.8. The van der Waals surface area contributed by atoms with Crippen LogP contribution in [0.3, 0.4) is 0 Å². The predicted octanol–water partition coefficient (Wildman–Crippen LogP) is 3.18. The van der Waals surface area contributed by atoms with Crippen molar-refractivity contribution in [2.24, 2.45) is 0 Å². The number of aliphatic hydroxyl groups excluding tert-OH is 1. The van der Waals surface area contributed by atoms with Crippen LogP contribution in [-0.4, -0.2) is 30.8 Å². The van der Waals surface area contributed by atoms with E-state index in [1.54, 1.807) is 0 Å². The summed E-state index contributed by atoms with van der Waals surface area (Å²) in [6.07, 6.45) is 1.15. The van der Waals surface area contributed by atoms with Gasteiger partial charge >= 0.3 is 0 Å². The van der Waals surface area contributed by atoms with Crippen LogP contribution in [0.25, 0.3) is 0 Å². The van der Waals surface area contributed by atoms with Gasteiger partial charge < -0.3 is 19.6 Å². The predicted molar refractivity (Wildman–Crippen MR) is 98.9 cm³/mol. The molecule has 1 aromatic heterocycles. The Labute approximate surface area is 154 Å². The maximum Gasteiger partial charge on any atom is 0.230 e. The summed E-state index contributed by atoms with van der Waals surface area (Å²) in [5.74, 6) is 1.52. The quantitative estimate of drug-likeness (QED) is 0.833. The molecule has 1 atom stereocenters. The van der Waals surface area contributed by atoms with Gasteiger partial charge in [-0.2, -0.15) is 0 Å². The van der Waals surface area contributed by atoms with Gasteiger partial charge in [0.2, 0.25) is 5.91 Å². The van der Waals surface area contributed by atoms with Gasteiger partial charge in [-0.15, -0.1) is 0 Å². The second-order valence-electron chi connectivity index (χ2n) is 6.99. The summed E-state index contributed by atoms with van der Waals surface area (Å²) in [5.41, 5.74) is 1.27. The minimum Gasteiger partial charge on any atom is -0.466 e. The molecular weight excluding hydrogens is 330 g/mol. The SMILES string of the molecule is Cc1cc(C(O)CCNC(=O)C2(c3ccccc3)CCOCC2)c(C)o1. The summed E-state index contributed by atoms with van der Waals surface area (Å²) in [5, 5.41) is 13.4. The molecule has 1 fully saturated rings. The van der Waals surface area contributed by atoms with E-state index in [4.69, 9.17) is 9.15 Å². The van der Waals surface area contributed by atoms with E-state index in [0.717, 1.165) is 22.6 Å². The number of nitrogens with one attached hydrogen (secondary N) is 1. The molecule has 0 spiro atoms. The molecule has 5 nitrogen and oxygen atoms in total. The molecule has 2 aromatic rings. The normalized spacial score (nSPS) is 17.7. The molecule has 1 saturated heterocycles. The fourth-order valence-corrected chi connectivity index (χ4v) is 3.75. The van der Waals surface area contributed by atoms with Gasteiger partial charge in [0, 0.05) is 25.3 Å². The van der Waals surface area contributed by atoms with Crippen LogP contribution in [0.2, 0.25) is 0 Å². The van der Waals surface area contributed by atoms with Crippen molar-refractivity contribution in [2.45, 2.75) is 44.6 Å². The van der Waals surface area contributed by atoms with E-state index in [1.165, 1.54) is 0 Å². The minimum atomic E-state index is -0.643. The van der Waals surface area contributed by atoms with Gasteiger partial charge in [-0.1, -0.05) is 30.3 Å². The third kappa shape index (κ3) is 3.84. The first-order chi connectivity index (χ1) is 12.5. The van der Waals surface area contributed by atoms with Gasteiger partial charge in [0.05, 0.1) is 11.5 Å². The van der Waals surface area contributed by atoms with Crippen molar-refractivity contribution in [3.63, 3.8) is 0 Å². The van der Waals surface area contributed by atoms with Crippen LogP contribution < -0.4 is 5.32 Å². The summed E-state index contributed by atoms with van der Waals surface area (Å²) in [7, 11) is 0. The number of carbonyl (C=O) groups is 1. The van der Waals surface area contributed by atoms with Crippen LogP contribution in [0.5, 0.6) is 0 Å². The fourth-order valence-electron chi connectivity index (χ4n) is 3.75. The van der Waals surface area contributed by atoms with Gasteiger partial charge in [-0.25, -0.2) is 0 Å². The lowest BCUT2D eigenvalue weighted by Gasteiger charge is -2.36. The van der Waals surface area contributed by atoms with Gasteiger partial charge in [-0.3, -0.25) is 4.79 Å². The lowest BCUT2D eigenvalue weighted by atomic mass is 9.73. The molecule has 2 heterocycles. The number of aliphatic hydroxyl groups is 1. The molecule has 0 radical (unpaired) electrons. The number of rotatable bonds is 6. The van der Waals surface area contributed by atoms with Crippen molar-refractivity contribution in [1.29, 1.82) is 0 Å². The number of benzene rings is 1. The molecule has 1 amide bonds. The number of amides is 1. The van der Waals surface area contributed by atoms with Crippen LogP contribution in [0.15, 0.2) is 40.8 Å². The summed E-state index contributed by atoms with van der Waals surface area (Å²) < 4.78 is 11.0. The van der Waals surface area contributed by atoms with E-state index in [1.807, 2.05) is 50.2 Å². The monoisotopic (exact) mass is 357 g/mol. The standard InChI is InChI=1S/C21H27NO4/c1-15-14-18(16(2)26-15)19(23)8-11-22-20(24)21(9-12-25-13-10-21)17-6-4-3-5-7-17/h3-7,14,19,23H,8-13H2,1-2H3,(H,22,24). The minimum absolute atomic E-state index is 0.0132. The summed E-state index contributed by atoms with van der Waals surface area (Å²) in [4.78, 5) is 13.0. The average molecular weight is 357 g/mol. The van der Waals surface area contributed by atoms with Crippen LogP contribution in [0, 0.1) is 13.8 Å². The molecule has 2 N–H and O–H groups in total. The molecule has 1 aliphatic rings. The Morgan fingerprint density at radius 3 is 2.54 bits per heavy atom. The van der Waals surface area contributed by atoms with Crippen molar-refractivity contribution >= 4 is 5.91 Å². The largest absolute Gasteiger partial charge is 0.466 e. The molecule has 5 heteroatoms. The summed E-state index contributed by atoms with van der Waals surface area (Å²) in [6.45, 7) is 5.28. The van der Waals surface area contributed by atoms with Gasteiger partial charge in [0.1, 0.15) is 11.5 Å². The lowest BCUT2D eigenvalue weighted by Crippen LogP contribution is -2.48. The fraction of sp³-hybridized carbons (Fsp3) is 0.476. The first kappa shape index (κ1) is 18.7. The Kier molecular flexibility index (Phi) is 5.79. The first-order valence-electron chi connectivity index (χ1n) is 9.19. The van der Waals surface area contributed by atoms with E-state index in [2.05, 4.69) is 5.32 Å². The van der Waals surface area contributed by atoms with Crippen molar-refractivity contribution < 1.29 is 19.1 Å². The van der Waals surface area contributed by atoms with Gasteiger partial charge in [0.15, 0.2) is 0 Å². The van der Waals surface area contributed by atoms with E-state index >= 15 is 0 Å². The van der Waals surface area contributed by atoms with Crippen molar-refractivity contribution in [1.82, 2.24) is 5.32 Å². The molecule has 0 bridgehead atoms. The molecule has 0 saturated carbocycles. The van der Waals surface area contributed by atoms with Gasteiger partial charge in [0.25, 0.3) is 0 Å². The van der Waals surface area contributed by atoms with E-state index in [-0.39, 0.29) is 5.91 Å². The zero-order valence-electron chi connectivity index (χ0n) is 15.5. The van der Waals surface area contributed by atoms with E-state index in [0.29, 0.717) is 39.0 Å². The molecular formula is C21H27NO4. The number of carbonyl (C=O) groups excluding carboxylic acids is 1. The second kappa shape index (κ2) is 8.06. The molecule has 3 rings (SSSR count). The Balaban J connectivity index is 1.64. The van der Waals surface area contributed by atoms with Crippen LogP contribution >= 0.6 is 0 Å². The molecule has 1 unspecified atom stereocenters. The van der Waals surface area contributed by atoms with Gasteiger partial charge in [-0.05, 0) is 44.7 Å². The second-order valence-corrected chi connectivity index (χ2v) is 6.99. The van der Waals surface area contributed by atoms with Crippen molar-refractivity contribution in [2.75, 3.05) is 19.8 Å². The van der Waals surface area contributed by atoms with E-state index < -0.39 is 11.5 Å². The lowest BCUT2D eigenvalue weighted by molar-refractivity contribution is -0.130. The highest BCUT2D eigenvalue weighted by Crippen LogP contribution is 2.35. The highest BCUT2D eigenvalue weighted by molar-refractivity contribution is 5.88. The zero-order valence-corrected chi connectivity index (χ0v) is 15.5. The maximum absolute atomic E-state index is 13.0. The molecule has 140 valence electrons. The van der Waals surface area contributed by atoms with Crippen molar-refractivity contribution in [3.05, 3.63) is 59.0 Å². The van der Waals surface area contributed by atoms with Crippen LogP contribution in [0.1, 0.15) is 48.0 Å². The number of hydrogen-bond donors (Lipinski definition) is 2. The average Bonchev–Trinajstić information content (AvgIpc) is 3.01. The number of aryl methyl sites for hydroxylation is 2. The Hall–Kier alpha value is -2.11. The Morgan fingerprint density at radius 1 is 1.23 bits per heavy atom. The molecule has 26 heavy (non-hydrogen) atoms. The zero-order chi connectivity index (χ0) is 18.6. The third-order valence-electron chi connectivity index (χ3n) is 5.25. The highest BCUT2D eigenvalue weighted by Gasteiger charge is 2.41. The topological polar surface area (TPSA) is 71.7 Å². The van der Waals surface area contributed by atoms with Crippen LogP contribution in [-0.2, 0) is 14.9 Å². The first-order valence-corrected chi connectivity index (χ1v) is 9.19. The Bertz CT molecular complexity index is 732.